The van der Waals surface area contributed by atoms with Crippen molar-refractivity contribution in [2.75, 3.05) is 37.7 Å². The molecule has 0 radical (unpaired) electrons. The van der Waals surface area contributed by atoms with Crippen LogP contribution in [-0.2, 0) is 25.6 Å². The normalized spacial score (nSPS) is 25.7. The molecule has 1 fully saturated rings. The number of carbonyl (C=O) groups is 3. The quantitative estimate of drug-likeness (QED) is 0.284. The summed E-state index contributed by atoms with van der Waals surface area (Å²) in [5.74, 6) is -1.51. The van der Waals surface area contributed by atoms with E-state index in [1.165, 1.54) is 12.1 Å². The molecule has 1 aromatic carbocycles. The molecule has 2 amide bonds. The third-order valence-electron chi connectivity index (χ3n) is 8.74. The Labute approximate surface area is 281 Å². The van der Waals surface area contributed by atoms with Crippen LogP contribution in [0, 0.1) is 17.7 Å². The fourth-order valence-corrected chi connectivity index (χ4v) is 5.91. The monoisotopic (exact) mass is 669 g/mol. The number of hydrogen-bond acceptors (Lipinski definition) is 9. The molecule has 0 unspecified atom stereocenters. The first-order valence-corrected chi connectivity index (χ1v) is 16.5. The van der Waals surface area contributed by atoms with Gasteiger partial charge in [-0.25, -0.2) is 9.18 Å². The van der Waals surface area contributed by atoms with Crippen molar-refractivity contribution in [2.24, 2.45) is 11.8 Å². The maximum Gasteiger partial charge on any atom is 0.408 e. The van der Waals surface area contributed by atoms with Gasteiger partial charge in [0.15, 0.2) is 0 Å². The molecule has 3 N–H and O–H groups in total. The first-order valence-electron chi connectivity index (χ1n) is 16.5. The van der Waals surface area contributed by atoms with E-state index in [1.54, 1.807) is 54.0 Å². The Kier molecular flexibility index (Phi) is 13.2. The number of anilines is 1. The zero-order valence-electron chi connectivity index (χ0n) is 28.1. The molecule has 2 aliphatic rings. The SMILES string of the molecule is C/C(=C\c1cc(F)cc(N2CCN(C(=O)Cn3cccn3)CC2)c1)[C@H]1OC(=O)C[C@H](O)CC[C@H](C)[C@@H](OC(=O)N[C@H](C)CO)/C=C/[C@@H]1C. The third-order valence-corrected chi connectivity index (χ3v) is 8.74. The van der Waals surface area contributed by atoms with Crippen LogP contribution in [0.15, 0.2) is 54.4 Å². The minimum atomic E-state index is -0.931. The minimum absolute atomic E-state index is 0.0222. The highest BCUT2D eigenvalue weighted by atomic mass is 19.1. The number of aromatic nitrogens is 2. The van der Waals surface area contributed by atoms with Gasteiger partial charge in [-0.15, -0.1) is 0 Å². The number of amides is 2. The largest absolute Gasteiger partial charge is 0.457 e. The average Bonchev–Trinajstić information content (AvgIpc) is 3.56. The molecule has 6 atom stereocenters. The number of esters is 1. The van der Waals surface area contributed by atoms with E-state index in [9.17, 15) is 29.0 Å². The highest BCUT2D eigenvalue weighted by Gasteiger charge is 2.28. The van der Waals surface area contributed by atoms with Crippen molar-refractivity contribution in [3.8, 4) is 0 Å². The second-order valence-electron chi connectivity index (χ2n) is 12.9. The van der Waals surface area contributed by atoms with E-state index in [1.807, 2.05) is 30.9 Å². The molecule has 2 aliphatic heterocycles. The van der Waals surface area contributed by atoms with Gasteiger partial charge in [0.1, 0.15) is 24.6 Å². The van der Waals surface area contributed by atoms with Gasteiger partial charge in [-0.05, 0) is 74.1 Å². The van der Waals surface area contributed by atoms with Crippen LogP contribution in [0.25, 0.3) is 6.08 Å². The average molecular weight is 670 g/mol. The molecular weight excluding hydrogens is 621 g/mol. The van der Waals surface area contributed by atoms with Gasteiger partial charge in [-0.2, -0.15) is 5.10 Å². The maximum absolute atomic E-state index is 14.9. The third kappa shape index (κ3) is 10.6. The van der Waals surface area contributed by atoms with Gasteiger partial charge in [0.05, 0.1) is 25.2 Å². The zero-order valence-corrected chi connectivity index (χ0v) is 28.1. The summed E-state index contributed by atoms with van der Waals surface area (Å²) in [6.07, 6.45) is 6.42. The highest BCUT2D eigenvalue weighted by molar-refractivity contribution is 5.76. The molecule has 1 aromatic heterocycles. The lowest BCUT2D eigenvalue weighted by atomic mass is 9.91. The topological polar surface area (TPSA) is 146 Å². The molecule has 1 saturated heterocycles. The van der Waals surface area contributed by atoms with Crippen molar-refractivity contribution in [3.63, 3.8) is 0 Å². The van der Waals surface area contributed by atoms with E-state index < -0.39 is 42.2 Å². The number of rotatable bonds is 8. The lowest BCUT2D eigenvalue weighted by Crippen LogP contribution is -2.49. The Morgan fingerprint density at radius 3 is 2.60 bits per heavy atom. The first kappa shape index (κ1) is 36.6. The van der Waals surface area contributed by atoms with Gasteiger partial charge in [0, 0.05) is 50.2 Å². The molecule has 2 aromatic rings. The molecular formula is C35H48FN5O7. The summed E-state index contributed by atoms with van der Waals surface area (Å²) in [5, 5.41) is 26.5. The van der Waals surface area contributed by atoms with E-state index in [0.29, 0.717) is 55.8 Å². The van der Waals surface area contributed by atoms with Crippen LogP contribution in [0.5, 0.6) is 0 Å². The van der Waals surface area contributed by atoms with Crippen molar-refractivity contribution < 1.29 is 38.5 Å². The van der Waals surface area contributed by atoms with Crippen molar-refractivity contribution in [1.82, 2.24) is 20.0 Å². The van der Waals surface area contributed by atoms with Gasteiger partial charge in [0.2, 0.25) is 5.91 Å². The molecule has 48 heavy (non-hydrogen) atoms. The van der Waals surface area contributed by atoms with Gasteiger partial charge in [-0.1, -0.05) is 26.0 Å². The van der Waals surface area contributed by atoms with Crippen LogP contribution < -0.4 is 10.2 Å². The number of hydrogen-bond donors (Lipinski definition) is 3. The smallest absolute Gasteiger partial charge is 0.408 e. The molecule has 0 saturated carbocycles. The van der Waals surface area contributed by atoms with Gasteiger partial charge in [0.25, 0.3) is 0 Å². The molecule has 4 rings (SSSR count). The van der Waals surface area contributed by atoms with E-state index in [0.717, 1.165) is 0 Å². The Balaban J connectivity index is 1.50. The second kappa shape index (κ2) is 17.3. The fourth-order valence-electron chi connectivity index (χ4n) is 5.91. The summed E-state index contributed by atoms with van der Waals surface area (Å²) in [5.41, 5.74) is 1.93. The predicted molar refractivity (Wildman–Crippen MR) is 178 cm³/mol. The Hall–Kier alpha value is -4.23. The molecule has 3 heterocycles. The van der Waals surface area contributed by atoms with Crippen molar-refractivity contribution in [3.05, 3.63) is 65.8 Å². The molecule has 0 aliphatic carbocycles. The Morgan fingerprint density at radius 2 is 1.92 bits per heavy atom. The molecule has 12 nitrogen and oxygen atoms in total. The summed E-state index contributed by atoms with van der Waals surface area (Å²) >= 11 is 0. The number of aliphatic hydroxyl groups is 2. The Bertz CT molecular complexity index is 1440. The number of carbonyl (C=O) groups excluding carboxylic acids is 3. The van der Waals surface area contributed by atoms with Crippen LogP contribution in [0.3, 0.4) is 0 Å². The summed E-state index contributed by atoms with van der Waals surface area (Å²) in [7, 11) is 0. The summed E-state index contributed by atoms with van der Waals surface area (Å²) in [4.78, 5) is 41.9. The number of nitrogens with one attached hydrogen (secondary N) is 1. The van der Waals surface area contributed by atoms with Crippen molar-refractivity contribution in [2.45, 2.75) is 77.9 Å². The lowest BCUT2D eigenvalue weighted by molar-refractivity contribution is -0.151. The predicted octanol–water partition coefficient (Wildman–Crippen LogP) is 3.53. The number of nitrogens with zero attached hydrogens (tertiary/aromatic N) is 4. The molecule has 13 heteroatoms. The van der Waals surface area contributed by atoms with E-state index in [4.69, 9.17) is 9.47 Å². The van der Waals surface area contributed by atoms with Crippen molar-refractivity contribution >= 4 is 29.7 Å². The van der Waals surface area contributed by atoms with Crippen LogP contribution >= 0.6 is 0 Å². The fraction of sp³-hybridized carbons (Fsp3) is 0.543. The number of alkyl carbamates (subject to hydrolysis) is 1. The van der Waals surface area contributed by atoms with Crippen LogP contribution in [-0.4, -0.2) is 100 Å². The number of aliphatic hydroxyl groups excluding tert-OH is 2. The minimum Gasteiger partial charge on any atom is -0.457 e. The second-order valence-corrected chi connectivity index (χ2v) is 12.9. The van der Waals surface area contributed by atoms with E-state index in [2.05, 4.69) is 10.4 Å². The maximum atomic E-state index is 14.9. The molecule has 0 spiro atoms. The molecule has 0 bridgehead atoms. The van der Waals surface area contributed by atoms with Gasteiger partial charge < -0.3 is 34.8 Å². The van der Waals surface area contributed by atoms with E-state index >= 15 is 0 Å². The van der Waals surface area contributed by atoms with E-state index in [-0.39, 0.29) is 37.3 Å². The summed E-state index contributed by atoms with van der Waals surface area (Å²) in [6.45, 7) is 9.26. The van der Waals surface area contributed by atoms with Crippen molar-refractivity contribution in [1.29, 1.82) is 0 Å². The first-order chi connectivity index (χ1) is 22.9. The van der Waals surface area contributed by atoms with Crippen LogP contribution in [0.4, 0.5) is 14.9 Å². The van der Waals surface area contributed by atoms with Gasteiger partial charge in [-0.3, -0.25) is 14.3 Å². The highest BCUT2D eigenvalue weighted by Crippen LogP contribution is 2.27. The lowest BCUT2D eigenvalue weighted by Gasteiger charge is -2.36. The Morgan fingerprint density at radius 1 is 1.17 bits per heavy atom. The number of ether oxygens (including phenoxy) is 2. The number of piperazine rings is 1. The summed E-state index contributed by atoms with van der Waals surface area (Å²) in [6, 6.07) is 6.04. The number of halogens is 1. The standard InChI is InChI=1S/C35H48FN5O7/c1-23-6-8-30(43)20-33(45)48-34(24(2)7-9-31(23)47-35(46)38-26(4)22-42)25(3)16-27-17-28(36)19-29(18-27)39-12-14-40(15-13-39)32(44)21-41-11-5-10-37-41/h5,7,9-11,16-19,23-24,26,30-31,34,42-43H,6,8,12-15,20-22H2,1-4H3,(H,38,46)/b9-7+,25-16+/t23-,24-,26+,30+,31-,34-/m0/s1. The van der Waals surface area contributed by atoms with Crippen LogP contribution in [0.2, 0.25) is 0 Å². The zero-order chi connectivity index (χ0) is 34.8. The van der Waals surface area contributed by atoms with Gasteiger partial charge >= 0.3 is 12.1 Å². The molecule has 262 valence electrons. The summed E-state index contributed by atoms with van der Waals surface area (Å²) < 4.78 is 28.1. The van der Waals surface area contributed by atoms with Crippen LogP contribution in [0.1, 0.15) is 52.5 Å². The number of benzene rings is 1. The number of cyclic esters (lactones) is 1.